The molecule has 0 radical (unpaired) electrons. The summed E-state index contributed by atoms with van der Waals surface area (Å²) in [4.78, 5) is 3.86. The van der Waals surface area contributed by atoms with Gasteiger partial charge in [-0.15, -0.1) is 0 Å². The van der Waals surface area contributed by atoms with Crippen molar-refractivity contribution in [2.45, 2.75) is 51.0 Å². The smallest absolute Gasteiger partial charge is 0.259 e. The van der Waals surface area contributed by atoms with E-state index in [0.29, 0.717) is 6.61 Å². The van der Waals surface area contributed by atoms with Gasteiger partial charge in [-0.25, -0.2) is 6.57 Å². The lowest BCUT2D eigenvalue weighted by molar-refractivity contribution is -0.146. The Morgan fingerprint density at radius 3 is 2.78 bits per heavy atom. The van der Waals surface area contributed by atoms with Gasteiger partial charge in [0, 0.05) is 6.42 Å². The van der Waals surface area contributed by atoms with Gasteiger partial charge in [0.25, 0.3) is 5.54 Å². The van der Waals surface area contributed by atoms with Crippen LogP contribution in [0.2, 0.25) is 0 Å². The van der Waals surface area contributed by atoms with Crippen LogP contribution in [-0.2, 0) is 9.47 Å². The first kappa shape index (κ1) is 13.3. The molecule has 1 saturated heterocycles. The molecule has 0 spiro atoms. The Kier molecular flexibility index (Phi) is 3.35. The minimum absolute atomic E-state index is 0.0178. The van der Waals surface area contributed by atoms with Gasteiger partial charge >= 0.3 is 0 Å². The predicted molar refractivity (Wildman–Crippen MR) is 70.9 cm³/mol. The minimum atomic E-state index is -0.534. The zero-order valence-corrected chi connectivity index (χ0v) is 11.4. The average Bonchev–Trinajstić information content (AvgIpc) is 2.70. The Hall–Kier alpha value is -1.11. The van der Waals surface area contributed by atoms with Crippen LogP contribution in [-0.4, -0.2) is 24.0 Å². The second-order valence-corrected chi connectivity index (χ2v) is 5.74. The third-order valence-corrected chi connectivity index (χ3v) is 4.00. The molecule has 1 unspecified atom stereocenters. The predicted octanol–water partition coefficient (Wildman–Crippen LogP) is 3.34. The number of nitrogens with zero attached hydrogens (tertiary/aromatic N) is 1. The molecule has 1 heterocycles. The van der Waals surface area contributed by atoms with Gasteiger partial charge in [-0.05, 0) is 33.3 Å². The molecule has 0 aromatic carbocycles. The van der Waals surface area contributed by atoms with Gasteiger partial charge in [0.2, 0.25) is 0 Å². The lowest BCUT2D eigenvalue weighted by Crippen LogP contribution is -2.43. The molecule has 0 saturated carbocycles. The summed E-state index contributed by atoms with van der Waals surface area (Å²) in [7, 11) is 0. The number of hydrogen-bond acceptors (Lipinski definition) is 2. The van der Waals surface area contributed by atoms with Crippen LogP contribution >= 0.6 is 0 Å². The number of hydrogen-bond donors (Lipinski definition) is 0. The monoisotopic (exact) mass is 247 g/mol. The molecule has 2 aliphatic rings. The largest absolute Gasteiger partial charge is 0.348 e. The summed E-state index contributed by atoms with van der Waals surface area (Å²) in [5.74, 6) is -0.395. The van der Waals surface area contributed by atoms with Crippen LogP contribution in [0.1, 0.15) is 33.6 Å². The van der Waals surface area contributed by atoms with Crippen LogP contribution in [0.3, 0.4) is 0 Å². The molecule has 0 N–H and O–H groups in total. The molecule has 3 atom stereocenters. The first-order valence-corrected chi connectivity index (χ1v) is 6.42. The molecular weight excluding hydrogens is 226 g/mol. The molecule has 98 valence electrons. The zero-order chi connectivity index (χ0) is 13.4. The second kappa shape index (κ2) is 4.53. The third kappa shape index (κ3) is 2.23. The topological polar surface area (TPSA) is 22.8 Å². The van der Waals surface area contributed by atoms with Gasteiger partial charge in [0.05, 0.1) is 18.6 Å². The third-order valence-electron chi connectivity index (χ3n) is 4.00. The fraction of sp³-hybridized carbons (Fsp3) is 0.667. The lowest BCUT2D eigenvalue weighted by Gasteiger charge is -2.34. The summed E-state index contributed by atoms with van der Waals surface area (Å²) in [6.45, 7) is 17.9. The highest BCUT2D eigenvalue weighted by atomic mass is 16.7. The highest BCUT2D eigenvalue weighted by molar-refractivity contribution is 5.26. The van der Waals surface area contributed by atoms with E-state index in [1.54, 1.807) is 6.08 Å². The van der Waals surface area contributed by atoms with Crippen LogP contribution in [0.25, 0.3) is 4.85 Å². The Balaban J connectivity index is 2.27. The van der Waals surface area contributed by atoms with Gasteiger partial charge in [-0.1, -0.05) is 18.2 Å². The minimum Gasteiger partial charge on any atom is -0.348 e. The van der Waals surface area contributed by atoms with E-state index in [1.807, 2.05) is 13.8 Å². The Bertz CT molecular complexity index is 419. The number of rotatable bonds is 2. The van der Waals surface area contributed by atoms with Crippen molar-refractivity contribution in [1.29, 1.82) is 0 Å². The molecule has 0 aromatic rings. The Labute approximate surface area is 109 Å². The molecule has 3 heteroatoms. The molecule has 1 aliphatic heterocycles. The van der Waals surface area contributed by atoms with Gasteiger partial charge < -0.3 is 14.3 Å². The Morgan fingerprint density at radius 2 is 2.28 bits per heavy atom. The van der Waals surface area contributed by atoms with E-state index in [-0.39, 0.29) is 12.0 Å². The Morgan fingerprint density at radius 1 is 1.56 bits per heavy atom. The van der Waals surface area contributed by atoms with Crippen LogP contribution in [0, 0.1) is 12.5 Å². The molecule has 1 aliphatic carbocycles. The van der Waals surface area contributed by atoms with Crippen LogP contribution in [0.5, 0.6) is 0 Å². The van der Waals surface area contributed by atoms with Crippen molar-refractivity contribution >= 4 is 0 Å². The standard InChI is InChI=1S/C15H21NO2/c1-6-15(16-5)8-7-11(2)9-12(15)13-10-17-14(3,4)18-13/h6-7,12-13H,1,8-10H2,2-4H3/t12?,13-,15+/m1/s1. The van der Waals surface area contributed by atoms with Gasteiger partial charge in [-0.3, -0.25) is 0 Å². The summed E-state index contributed by atoms with van der Waals surface area (Å²) < 4.78 is 11.6. The van der Waals surface area contributed by atoms with E-state index in [2.05, 4.69) is 24.4 Å². The average molecular weight is 247 g/mol. The molecule has 0 aromatic heterocycles. The maximum Gasteiger partial charge on any atom is 0.259 e. The highest BCUT2D eigenvalue weighted by Gasteiger charge is 2.52. The summed E-state index contributed by atoms with van der Waals surface area (Å²) in [6.07, 6.45) is 5.55. The first-order chi connectivity index (χ1) is 8.42. The number of ether oxygens (including phenoxy) is 2. The maximum atomic E-state index is 7.53. The molecule has 1 fully saturated rings. The summed E-state index contributed by atoms with van der Waals surface area (Å²) in [6, 6.07) is 0. The van der Waals surface area contributed by atoms with Crippen molar-refractivity contribution in [3.05, 3.63) is 35.7 Å². The van der Waals surface area contributed by atoms with Crippen LogP contribution < -0.4 is 0 Å². The van der Waals surface area contributed by atoms with Gasteiger partial charge in [0.1, 0.15) is 0 Å². The zero-order valence-electron chi connectivity index (χ0n) is 11.4. The molecule has 18 heavy (non-hydrogen) atoms. The molecule has 3 nitrogen and oxygen atoms in total. The number of allylic oxidation sites excluding steroid dienone is 1. The van der Waals surface area contributed by atoms with E-state index in [0.717, 1.165) is 12.8 Å². The van der Waals surface area contributed by atoms with E-state index in [1.165, 1.54) is 5.57 Å². The van der Waals surface area contributed by atoms with Crippen LogP contribution in [0.4, 0.5) is 0 Å². The van der Waals surface area contributed by atoms with Crippen molar-refractivity contribution in [3.63, 3.8) is 0 Å². The quantitative estimate of drug-likeness (QED) is 0.551. The van der Waals surface area contributed by atoms with Gasteiger partial charge in [0.15, 0.2) is 5.79 Å². The van der Waals surface area contributed by atoms with Crippen LogP contribution in [0.15, 0.2) is 24.3 Å². The summed E-state index contributed by atoms with van der Waals surface area (Å²) >= 11 is 0. The van der Waals surface area contributed by atoms with E-state index < -0.39 is 11.3 Å². The maximum absolute atomic E-state index is 7.53. The SMILES string of the molecule is [C-]#[N+][C@@]1(C=C)CC=C(C)CC1[C@H]1COC(C)(C)O1. The molecule has 2 rings (SSSR count). The van der Waals surface area contributed by atoms with Crippen molar-refractivity contribution in [2.75, 3.05) is 6.61 Å². The fourth-order valence-corrected chi connectivity index (χ4v) is 2.87. The first-order valence-electron chi connectivity index (χ1n) is 6.42. The van der Waals surface area contributed by atoms with Crippen molar-refractivity contribution < 1.29 is 9.47 Å². The fourth-order valence-electron chi connectivity index (χ4n) is 2.87. The van der Waals surface area contributed by atoms with Gasteiger partial charge in [-0.2, -0.15) is 0 Å². The van der Waals surface area contributed by atoms with E-state index in [4.69, 9.17) is 16.0 Å². The highest BCUT2D eigenvalue weighted by Crippen LogP contribution is 2.43. The van der Waals surface area contributed by atoms with E-state index in [9.17, 15) is 0 Å². The molecule has 0 amide bonds. The lowest BCUT2D eigenvalue weighted by atomic mass is 9.71. The summed E-state index contributed by atoms with van der Waals surface area (Å²) in [5.41, 5.74) is 0.794. The second-order valence-electron chi connectivity index (χ2n) is 5.74. The normalized spacial score (nSPS) is 38.9. The van der Waals surface area contributed by atoms with Crippen molar-refractivity contribution in [2.24, 2.45) is 5.92 Å². The van der Waals surface area contributed by atoms with Crippen molar-refractivity contribution in [1.82, 2.24) is 0 Å². The van der Waals surface area contributed by atoms with Crippen molar-refractivity contribution in [3.8, 4) is 0 Å². The van der Waals surface area contributed by atoms with E-state index >= 15 is 0 Å². The molecule has 0 bridgehead atoms. The molecular formula is C15H21NO2. The summed E-state index contributed by atoms with van der Waals surface area (Å²) in [5, 5.41) is 0.